The number of benzene rings is 2. The molecule has 0 aliphatic carbocycles. The van der Waals surface area contributed by atoms with Crippen LogP contribution in [0.25, 0.3) is 23.2 Å². The molecule has 0 spiro atoms. The van der Waals surface area contributed by atoms with E-state index in [4.69, 9.17) is 21.1 Å². The Morgan fingerprint density at radius 3 is 2.55 bits per heavy atom. The number of aromatic nitrogens is 3. The van der Waals surface area contributed by atoms with E-state index < -0.39 is 0 Å². The van der Waals surface area contributed by atoms with Crippen LogP contribution in [0.3, 0.4) is 0 Å². The first kappa shape index (κ1) is 19.2. The van der Waals surface area contributed by atoms with Gasteiger partial charge in [-0.3, -0.25) is 4.79 Å². The number of rotatable bonds is 5. The summed E-state index contributed by atoms with van der Waals surface area (Å²) in [5, 5.41) is 4.97. The molecule has 0 aliphatic heterocycles. The van der Waals surface area contributed by atoms with Gasteiger partial charge in [0.05, 0.1) is 18.8 Å². The summed E-state index contributed by atoms with van der Waals surface area (Å²) in [4.78, 5) is 17.7. The normalized spacial score (nSPS) is 12.2. The fourth-order valence-electron chi connectivity index (χ4n) is 2.83. The molecule has 6 nitrogen and oxygen atoms in total. The molecule has 29 heavy (non-hydrogen) atoms. The Bertz CT molecular complexity index is 1310. The smallest absolute Gasteiger partial charge is 0.291 e. The minimum absolute atomic E-state index is 0.228. The van der Waals surface area contributed by atoms with Gasteiger partial charge in [0.15, 0.2) is 17.3 Å². The second-order valence-electron chi connectivity index (χ2n) is 6.05. The molecule has 4 rings (SSSR count). The zero-order valence-corrected chi connectivity index (χ0v) is 17.2. The van der Waals surface area contributed by atoms with E-state index in [9.17, 15) is 4.79 Å². The minimum atomic E-state index is -0.228. The lowest BCUT2D eigenvalue weighted by atomic mass is 10.2. The van der Waals surface area contributed by atoms with Crippen molar-refractivity contribution in [1.29, 1.82) is 0 Å². The molecule has 0 aliphatic rings. The first-order valence-electron chi connectivity index (χ1n) is 8.65. The molecule has 0 amide bonds. The van der Waals surface area contributed by atoms with Crippen molar-refractivity contribution in [3.8, 4) is 11.5 Å². The number of para-hydroxylation sites is 1. The number of fused-ring (bicyclic) bond motifs is 1. The lowest BCUT2D eigenvalue weighted by Gasteiger charge is -2.09. The van der Waals surface area contributed by atoms with Gasteiger partial charge in [-0.05, 0) is 35.9 Å². The Kier molecular flexibility index (Phi) is 5.33. The van der Waals surface area contributed by atoms with Crippen molar-refractivity contribution in [3.63, 3.8) is 0 Å². The summed E-state index contributed by atoms with van der Waals surface area (Å²) in [6, 6.07) is 12.9. The highest BCUT2D eigenvalue weighted by atomic mass is 35.5. The second-order valence-corrected chi connectivity index (χ2v) is 7.49. The Morgan fingerprint density at radius 1 is 1.07 bits per heavy atom. The lowest BCUT2D eigenvalue weighted by molar-refractivity contribution is 0.354. The molecule has 0 saturated heterocycles. The maximum absolute atomic E-state index is 12.7. The number of methoxy groups -OCH3 is 2. The van der Waals surface area contributed by atoms with Crippen molar-refractivity contribution in [3.05, 3.63) is 79.3 Å². The van der Waals surface area contributed by atoms with Gasteiger partial charge in [0, 0.05) is 10.6 Å². The summed E-state index contributed by atoms with van der Waals surface area (Å²) in [6.45, 7) is 0. The molecule has 0 saturated carbocycles. The molecule has 2 aromatic carbocycles. The summed E-state index contributed by atoms with van der Waals surface area (Å²) in [7, 11) is 3.14. The molecule has 0 bridgehead atoms. The van der Waals surface area contributed by atoms with E-state index in [2.05, 4.69) is 10.1 Å². The molecule has 0 radical (unpaired) electrons. The van der Waals surface area contributed by atoms with Gasteiger partial charge in [0.2, 0.25) is 4.96 Å². The number of hydrogen-bond donors (Lipinski definition) is 0. The Hall–Kier alpha value is -3.16. The van der Waals surface area contributed by atoms with Gasteiger partial charge < -0.3 is 9.47 Å². The third-order valence-corrected chi connectivity index (χ3v) is 5.42. The van der Waals surface area contributed by atoms with E-state index in [1.54, 1.807) is 32.4 Å². The van der Waals surface area contributed by atoms with Crippen molar-refractivity contribution in [2.75, 3.05) is 14.2 Å². The van der Waals surface area contributed by atoms with Crippen molar-refractivity contribution in [2.45, 2.75) is 0 Å². The van der Waals surface area contributed by atoms with Gasteiger partial charge in [-0.15, -0.1) is 5.10 Å². The molecule has 2 aromatic heterocycles. The SMILES string of the molecule is COc1cccc(C=c2sc3nc(C=Cc4ccc(Cl)cc4)nn3c2=O)c1OC. The fraction of sp³-hybridized carbons (Fsp3) is 0.0952. The number of halogens is 1. The molecule has 4 aromatic rings. The predicted octanol–water partition coefficient (Wildman–Crippen LogP) is 3.54. The topological polar surface area (TPSA) is 65.7 Å². The quantitative estimate of drug-likeness (QED) is 0.489. The highest BCUT2D eigenvalue weighted by Gasteiger charge is 2.11. The van der Waals surface area contributed by atoms with Gasteiger partial charge >= 0.3 is 0 Å². The standard InChI is InChI=1S/C21H16ClN3O3S/c1-27-16-5-3-4-14(19(16)28-2)12-17-20(26)25-21(29-17)23-18(24-25)11-8-13-6-9-15(22)10-7-13/h3-12H,1-2H3. The molecular weight excluding hydrogens is 410 g/mol. The van der Waals surface area contributed by atoms with Crippen LogP contribution in [0.5, 0.6) is 11.5 Å². The van der Waals surface area contributed by atoms with Gasteiger partial charge in [-0.1, -0.05) is 53.3 Å². The number of thiazole rings is 1. The first-order valence-corrected chi connectivity index (χ1v) is 9.84. The van der Waals surface area contributed by atoms with Crippen LogP contribution in [0.4, 0.5) is 0 Å². The molecule has 0 fully saturated rings. The van der Waals surface area contributed by atoms with Crippen molar-refractivity contribution in [1.82, 2.24) is 14.6 Å². The third kappa shape index (κ3) is 3.87. The van der Waals surface area contributed by atoms with Crippen LogP contribution in [0.15, 0.2) is 47.3 Å². The predicted molar refractivity (Wildman–Crippen MR) is 116 cm³/mol. The molecule has 8 heteroatoms. The summed E-state index contributed by atoms with van der Waals surface area (Å²) in [5.74, 6) is 1.64. The van der Waals surface area contributed by atoms with E-state index in [0.29, 0.717) is 31.8 Å². The Labute approximate surface area is 175 Å². The van der Waals surface area contributed by atoms with Gasteiger partial charge in [-0.2, -0.15) is 9.50 Å². The average Bonchev–Trinajstić information content (AvgIpc) is 3.26. The van der Waals surface area contributed by atoms with E-state index >= 15 is 0 Å². The summed E-state index contributed by atoms with van der Waals surface area (Å²) >= 11 is 7.16. The zero-order chi connectivity index (χ0) is 20.4. The Morgan fingerprint density at radius 2 is 1.86 bits per heavy atom. The molecule has 0 atom stereocenters. The van der Waals surface area contributed by atoms with Crippen LogP contribution in [0, 0.1) is 0 Å². The highest BCUT2D eigenvalue weighted by molar-refractivity contribution is 7.15. The van der Waals surface area contributed by atoms with Crippen LogP contribution in [0.1, 0.15) is 17.0 Å². The van der Waals surface area contributed by atoms with Gasteiger partial charge in [-0.25, -0.2) is 0 Å². The molecule has 0 N–H and O–H groups in total. The maximum Gasteiger partial charge on any atom is 0.291 e. The summed E-state index contributed by atoms with van der Waals surface area (Å²) < 4.78 is 12.6. The van der Waals surface area contributed by atoms with Crippen molar-refractivity contribution >= 4 is 46.1 Å². The van der Waals surface area contributed by atoms with Crippen LogP contribution < -0.4 is 19.6 Å². The minimum Gasteiger partial charge on any atom is -0.493 e. The van der Waals surface area contributed by atoms with Gasteiger partial charge in [0.25, 0.3) is 5.56 Å². The molecule has 0 unspecified atom stereocenters. The number of hydrogen-bond acceptors (Lipinski definition) is 6. The van der Waals surface area contributed by atoms with Gasteiger partial charge in [0.1, 0.15) is 0 Å². The van der Waals surface area contributed by atoms with Crippen LogP contribution in [0.2, 0.25) is 5.02 Å². The van der Waals surface area contributed by atoms with E-state index in [1.165, 1.54) is 15.9 Å². The second kappa shape index (κ2) is 8.06. The highest BCUT2D eigenvalue weighted by Crippen LogP contribution is 2.31. The first-order chi connectivity index (χ1) is 14.1. The van der Waals surface area contributed by atoms with E-state index in [1.807, 2.05) is 42.5 Å². The third-order valence-electron chi connectivity index (χ3n) is 4.21. The lowest BCUT2D eigenvalue weighted by Crippen LogP contribution is -2.23. The van der Waals surface area contributed by atoms with E-state index in [0.717, 1.165) is 11.1 Å². The molecule has 146 valence electrons. The van der Waals surface area contributed by atoms with Crippen molar-refractivity contribution in [2.24, 2.45) is 0 Å². The molecular formula is C21H16ClN3O3S. The Balaban J connectivity index is 1.70. The average molecular weight is 426 g/mol. The summed E-state index contributed by atoms with van der Waals surface area (Å²) in [5.41, 5.74) is 1.49. The zero-order valence-electron chi connectivity index (χ0n) is 15.6. The van der Waals surface area contributed by atoms with Crippen LogP contribution >= 0.6 is 22.9 Å². The molecule has 2 heterocycles. The van der Waals surface area contributed by atoms with Crippen LogP contribution in [-0.2, 0) is 0 Å². The van der Waals surface area contributed by atoms with Crippen LogP contribution in [-0.4, -0.2) is 28.8 Å². The van der Waals surface area contributed by atoms with Crippen molar-refractivity contribution < 1.29 is 9.47 Å². The largest absolute Gasteiger partial charge is 0.493 e. The maximum atomic E-state index is 12.7. The monoisotopic (exact) mass is 425 g/mol. The summed E-state index contributed by atoms with van der Waals surface area (Å²) in [6.07, 6.45) is 5.39. The number of nitrogens with zero attached hydrogens (tertiary/aromatic N) is 3. The number of ether oxygens (including phenoxy) is 2. The fourth-order valence-corrected chi connectivity index (χ4v) is 3.86. The van der Waals surface area contributed by atoms with E-state index in [-0.39, 0.29) is 5.56 Å².